The maximum Gasteiger partial charge on any atom is 0.267 e. The summed E-state index contributed by atoms with van der Waals surface area (Å²) in [6.45, 7) is 2.04. The summed E-state index contributed by atoms with van der Waals surface area (Å²) in [4.78, 5) is 0. The summed E-state index contributed by atoms with van der Waals surface area (Å²) >= 11 is 0. The van der Waals surface area contributed by atoms with Crippen molar-refractivity contribution in [2.75, 3.05) is 12.0 Å². The smallest absolute Gasteiger partial charge is 0.267 e. The van der Waals surface area contributed by atoms with Crippen molar-refractivity contribution >= 4 is 5.69 Å². The number of halogens is 2. The van der Waals surface area contributed by atoms with Crippen molar-refractivity contribution in [2.24, 2.45) is 5.84 Å². The lowest BCUT2D eigenvalue weighted by atomic mass is 10.2. The maximum absolute atomic E-state index is 12.5. The Labute approximate surface area is 80.8 Å². The highest BCUT2D eigenvalue weighted by Gasteiger charge is 2.16. The molecule has 0 saturated carbocycles. The summed E-state index contributed by atoms with van der Waals surface area (Å²) in [6, 6.07) is 4.40. The van der Waals surface area contributed by atoms with E-state index < -0.39 is 6.43 Å². The normalized spacial score (nSPS) is 10.4. The summed E-state index contributed by atoms with van der Waals surface area (Å²) in [6.07, 6.45) is -2.56. The van der Waals surface area contributed by atoms with Crippen LogP contribution in [0, 0.1) is 0 Å². The number of anilines is 1. The summed E-state index contributed by atoms with van der Waals surface area (Å²) in [7, 11) is 0. The molecule has 1 rings (SSSR count). The number of benzene rings is 1. The molecule has 0 radical (unpaired) electrons. The van der Waals surface area contributed by atoms with Gasteiger partial charge >= 0.3 is 0 Å². The second-order valence-corrected chi connectivity index (χ2v) is 2.60. The Balaban J connectivity index is 3.13. The van der Waals surface area contributed by atoms with E-state index >= 15 is 0 Å². The third-order valence-electron chi connectivity index (χ3n) is 1.72. The second-order valence-electron chi connectivity index (χ2n) is 2.60. The standard InChI is InChI=1S/C9H12F2N2O/c1-2-14-8-6(9(10)11)4-3-5-7(8)13-12/h3-5,9,13H,2,12H2,1H3. The highest BCUT2D eigenvalue weighted by molar-refractivity contribution is 5.59. The SMILES string of the molecule is CCOc1c(NN)cccc1C(F)F. The van der Waals surface area contributed by atoms with Crippen LogP contribution in [0.25, 0.3) is 0 Å². The molecule has 0 unspecified atom stereocenters. The van der Waals surface area contributed by atoms with E-state index in [-0.39, 0.29) is 11.3 Å². The Morgan fingerprint density at radius 3 is 2.71 bits per heavy atom. The molecule has 0 amide bonds. The first-order valence-electron chi connectivity index (χ1n) is 4.21. The predicted octanol–water partition coefficient (Wildman–Crippen LogP) is 2.31. The van der Waals surface area contributed by atoms with Crippen molar-refractivity contribution in [3.63, 3.8) is 0 Å². The number of rotatable bonds is 4. The summed E-state index contributed by atoms with van der Waals surface area (Å²) in [5.41, 5.74) is 2.53. The number of alkyl halides is 2. The zero-order chi connectivity index (χ0) is 10.6. The van der Waals surface area contributed by atoms with Crippen molar-refractivity contribution in [1.29, 1.82) is 0 Å². The molecule has 0 aliphatic carbocycles. The third kappa shape index (κ3) is 2.11. The average molecular weight is 202 g/mol. The van der Waals surface area contributed by atoms with Crippen LogP contribution in [-0.4, -0.2) is 6.61 Å². The van der Waals surface area contributed by atoms with Crippen LogP contribution in [-0.2, 0) is 0 Å². The highest BCUT2D eigenvalue weighted by atomic mass is 19.3. The van der Waals surface area contributed by atoms with E-state index in [1.807, 2.05) is 0 Å². The van der Waals surface area contributed by atoms with Gasteiger partial charge in [-0.15, -0.1) is 0 Å². The first-order valence-corrected chi connectivity index (χ1v) is 4.21. The molecule has 0 aromatic heterocycles. The highest BCUT2D eigenvalue weighted by Crippen LogP contribution is 2.34. The van der Waals surface area contributed by atoms with Gasteiger partial charge in [0.1, 0.15) is 0 Å². The minimum Gasteiger partial charge on any atom is -0.491 e. The number of para-hydroxylation sites is 1. The number of nitrogens with two attached hydrogens (primary N) is 1. The van der Waals surface area contributed by atoms with Gasteiger partial charge in [-0.1, -0.05) is 6.07 Å². The van der Waals surface area contributed by atoms with Gasteiger partial charge in [0.05, 0.1) is 17.9 Å². The number of hydrogen-bond donors (Lipinski definition) is 2. The largest absolute Gasteiger partial charge is 0.491 e. The molecule has 0 saturated heterocycles. The lowest BCUT2D eigenvalue weighted by Gasteiger charge is -2.13. The zero-order valence-corrected chi connectivity index (χ0v) is 7.76. The van der Waals surface area contributed by atoms with Gasteiger partial charge in [0.2, 0.25) is 0 Å². The van der Waals surface area contributed by atoms with Gasteiger partial charge in [-0.3, -0.25) is 5.84 Å². The first-order chi connectivity index (χ1) is 6.70. The van der Waals surface area contributed by atoms with E-state index in [4.69, 9.17) is 10.6 Å². The van der Waals surface area contributed by atoms with E-state index in [2.05, 4.69) is 5.43 Å². The van der Waals surface area contributed by atoms with E-state index in [0.717, 1.165) is 0 Å². The van der Waals surface area contributed by atoms with Gasteiger partial charge in [0.25, 0.3) is 6.43 Å². The van der Waals surface area contributed by atoms with Gasteiger partial charge in [-0.05, 0) is 19.1 Å². The Morgan fingerprint density at radius 2 is 2.21 bits per heavy atom. The molecule has 3 N–H and O–H groups in total. The van der Waals surface area contributed by atoms with Gasteiger partial charge < -0.3 is 10.2 Å². The topological polar surface area (TPSA) is 47.3 Å². The van der Waals surface area contributed by atoms with E-state index in [1.54, 1.807) is 13.0 Å². The molecule has 0 bridgehead atoms. The van der Waals surface area contributed by atoms with Crippen LogP contribution < -0.4 is 16.0 Å². The van der Waals surface area contributed by atoms with Crippen LogP contribution in [0.1, 0.15) is 18.9 Å². The maximum atomic E-state index is 12.5. The molecule has 1 aromatic carbocycles. The van der Waals surface area contributed by atoms with Crippen LogP contribution >= 0.6 is 0 Å². The molecule has 5 heteroatoms. The molecule has 1 aromatic rings. The molecular weight excluding hydrogens is 190 g/mol. The summed E-state index contributed by atoms with van der Waals surface area (Å²) in [5, 5.41) is 0. The minimum absolute atomic E-state index is 0.118. The lowest BCUT2D eigenvalue weighted by molar-refractivity contribution is 0.146. The molecule has 0 spiro atoms. The van der Waals surface area contributed by atoms with Crippen molar-refractivity contribution in [3.8, 4) is 5.75 Å². The molecule has 78 valence electrons. The summed E-state index contributed by atoms with van der Waals surface area (Å²) < 4.78 is 30.1. The monoisotopic (exact) mass is 202 g/mol. The van der Waals surface area contributed by atoms with Crippen LogP contribution in [0.2, 0.25) is 0 Å². The molecule has 3 nitrogen and oxygen atoms in total. The zero-order valence-electron chi connectivity index (χ0n) is 7.76. The number of nitrogen functional groups attached to an aromatic ring is 1. The molecule has 14 heavy (non-hydrogen) atoms. The number of nitrogens with one attached hydrogen (secondary N) is 1. The van der Waals surface area contributed by atoms with Gasteiger partial charge in [0, 0.05) is 0 Å². The molecule has 0 fully saturated rings. The van der Waals surface area contributed by atoms with Crippen LogP contribution in [0.4, 0.5) is 14.5 Å². The quantitative estimate of drug-likeness (QED) is 0.581. The Kier molecular flexibility index (Phi) is 3.64. The van der Waals surface area contributed by atoms with E-state index in [9.17, 15) is 8.78 Å². The minimum atomic E-state index is -2.56. The summed E-state index contributed by atoms with van der Waals surface area (Å²) in [5.74, 6) is 5.29. The molecule has 0 atom stereocenters. The number of hydrogen-bond acceptors (Lipinski definition) is 3. The van der Waals surface area contributed by atoms with Crippen molar-refractivity contribution in [2.45, 2.75) is 13.3 Å². The fraction of sp³-hybridized carbons (Fsp3) is 0.333. The van der Waals surface area contributed by atoms with Gasteiger partial charge in [0.15, 0.2) is 5.75 Å². The van der Waals surface area contributed by atoms with Crippen LogP contribution in [0.15, 0.2) is 18.2 Å². The molecule has 0 aliphatic rings. The molecule has 0 heterocycles. The fourth-order valence-electron chi connectivity index (χ4n) is 1.15. The predicted molar refractivity (Wildman–Crippen MR) is 50.4 cm³/mol. The second kappa shape index (κ2) is 4.76. The van der Waals surface area contributed by atoms with E-state index in [0.29, 0.717) is 12.3 Å². The van der Waals surface area contributed by atoms with Crippen molar-refractivity contribution in [3.05, 3.63) is 23.8 Å². The van der Waals surface area contributed by atoms with Gasteiger partial charge in [-0.25, -0.2) is 8.78 Å². The Bertz CT molecular complexity index is 305. The lowest BCUT2D eigenvalue weighted by Crippen LogP contribution is -2.10. The van der Waals surface area contributed by atoms with Crippen LogP contribution in [0.5, 0.6) is 5.75 Å². The van der Waals surface area contributed by atoms with Gasteiger partial charge in [-0.2, -0.15) is 0 Å². The first kappa shape index (κ1) is 10.7. The number of hydrazine groups is 1. The number of ether oxygens (including phenoxy) is 1. The molecular formula is C9H12F2N2O. The Hall–Kier alpha value is -1.36. The Morgan fingerprint density at radius 1 is 1.50 bits per heavy atom. The average Bonchev–Trinajstić information content (AvgIpc) is 2.18. The van der Waals surface area contributed by atoms with Crippen LogP contribution in [0.3, 0.4) is 0 Å². The van der Waals surface area contributed by atoms with Crippen molar-refractivity contribution < 1.29 is 13.5 Å². The fourth-order valence-corrected chi connectivity index (χ4v) is 1.15. The molecule has 0 aliphatic heterocycles. The van der Waals surface area contributed by atoms with Crippen molar-refractivity contribution in [1.82, 2.24) is 0 Å². The third-order valence-corrected chi connectivity index (χ3v) is 1.72. The van der Waals surface area contributed by atoms with E-state index in [1.165, 1.54) is 12.1 Å².